The van der Waals surface area contributed by atoms with Crippen LogP contribution in [0.1, 0.15) is 26.3 Å². The van der Waals surface area contributed by atoms with Gasteiger partial charge < -0.3 is 15.0 Å². The van der Waals surface area contributed by atoms with E-state index in [2.05, 4.69) is 5.32 Å². The molecule has 0 aliphatic carbocycles. The monoisotopic (exact) mass is 541 g/mol. The van der Waals surface area contributed by atoms with Crippen molar-refractivity contribution >= 4 is 27.5 Å². The van der Waals surface area contributed by atoms with E-state index < -0.39 is 34.3 Å². The number of ether oxygens (including phenoxy) is 1. The third-order valence-corrected chi connectivity index (χ3v) is 7.62. The lowest BCUT2D eigenvalue weighted by Gasteiger charge is -2.32. The molecule has 3 aromatic rings. The molecule has 0 saturated carbocycles. The van der Waals surface area contributed by atoms with E-state index in [-0.39, 0.29) is 29.1 Å². The molecule has 10 heteroatoms. The zero-order chi connectivity index (χ0) is 27.9. The molecule has 2 amide bonds. The van der Waals surface area contributed by atoms with Gasteiger partial charge in [0.25, 0.3) is 10.0 Å². The minimum Gasteiger partial charge on any atom is -0.497 e. The van der Waals surface area contributed by atoms with Gasteiger partial charge in [0.15, 0.2) is 0 Å². The number of methoxy groups -OCH3 is 1. The molecule has 0 aromatic heterocycles. The number of amides is 2. The first kappa shape index (κ1) is 28.6. The fourth-order valence-corrected chi connectivity index (χ4v) is 5.19. The summed E-state index contributed by atoms with van der Waals surface area (Å²) in [5.74, 6) is -1.05. The average molecular weight is 542 g/mol. The Bertz CT molecular complexity index is 1330. The second kappa shape index (κ2) is 12.6. The van der Waals surface area contributed by atoms with Gasteiger partial charge in [0.2, 0.25) is 11.8 Å². The molecule has 0 saturated heterocycles. The molecule has 202 valence electrons. The molecule has 0 aliphatic heterocycles. The molecule has 1 unspecified atom stereocenters. The van der Waals surface area contributed by atoms with Crippen molar-refractivity contribution in [1.29, 1.82) is 0 Å². The normalized spacial score (nSPS) is 12.1. The highest BCUT2D eigenvalue weighted by Gasteiger charge is 2.32. The molecule has 0 bridgehead atoms. The van der Waals surface area contributed by atoms with Gasteiger partial charge in [-0.25, -0.2) is 12.8 Å². The van der Waals surface area contributed by atoms with Crippen LogP contribution in [0, 0.1) is 5.82 Å². The van der Waals surface area contributed by atoms with Crippen LogP contribution >= 0.6 is 0 Å². The first-order valence-electron chi connectivity index (χ1n) is 12.1. The van der Waals surface area contributed by atoms with E-state index in [0.717, 1.165) is 22.0 Å². The van der Waals surface area contributed by atoms with Gasteiger partial charge in [-0.2, -0.15) is 0 Å². The Labute approximate surface area is 223 Å². The Morgan fingerprint density at radius 3 is 2.08 bits per heavy atom. The molecule has 1 N–H and O–H groups in total. The number of rotatable bonds is 11. The maximum Gasteiger partial charge on any atom is 0.264 e. The number of carbonyl (C=O) groups excluding carboxylic acids is 2. The molecular formula is C28H32FN3O5S. The Morgan fingerprint density at radius 2 is 1.53 bits per heavy atom. The molecular weight excluding hydrogens is 509 g/mol. The van der Waals surface area contributed by atoms with Crippen molar-refractivity contribution in [2.75, 3.05) is 18.0 Å². The van der Waals surface area contributed by atoms with E-state index in [1.165, 1.54) is 48.4 Å². The molecule has 0 heterocycles. The lowest BCUT2D eigenvalue weighted by atomic mass is 10.1. The van der Waals surface area contributed by atoms with Crippen molar-refractivity contribution in [3.8, 4) is 5.75 Å². The topological polar surface area (TPSA) is 96.0 Å². The predicted molar refractivity (Wildman–Crippen MR) is 144 cm³/mol. The van der Waals surface area contributed by atoms with Gasteiger partial charge >= 0.3 is 0 Å². The van der Waals surface area contributed by atoms with Crippen LogP contribution in [0.3, 0.4) is 0 Å². The van der Waals surface area contributed by atoms with Crippen molar-refractivity contribution < 1.29 is 27.1 Å². The van der Waals surface area contributed by atoms with Crippen LogP contribution < -0.4 is 14.4 Å². The van der Waals surface area contributed by atoms with Crippen molar-refractivity contribution in [1.82, 2.24) is 10.2 Å². The largest absolute Gasteiger partial charge is 0.497 e. The number of carbonyl (C=O) groups is 2. The highest BCUT2D eigenvalue weighted by molar-refractivity contribution is 7.92. The standard InChI is InChI=1S/C28H32FN3O5S/c1-20(2)30-28(34)21(3)31(18-22-8-6-5-7-9-22)27(33)19-32(24-12-10-23(29)11-13-24)38(35,36)26-16-14-25(37-4)15-17-26/h5-17,20-21H,18-19H2,1-4H3,(H,30,34). The van der Waals surface area contributed by atoms with Gasteiger partial charge in [-0.1, -0.05) is 30.3 Å². The van der Waals surface area contributed by atoms with Gasteiger partial charge in [0.05, 0.1) is 17.7 Å². The minimum atomic E-state index is -4.25. The number of benzene rings is 3. The third-order valence-electron chi connectivity index (χ3n) is 5.83. The molecule has 3 aromatic carbocycles. The summed E-state index contributed by atoms with van der Waals surface area (Å²) < 4.78 is 47.2. The SMILES string of the molecule is COc1ccc(S(=O)(=O)N(CC(=O)N(Cc2ccccc2)C(C)C(=O)NC(C)C)c2ccc(F)cc2)cc1. The molecule has 0 spiro atoms. The summed E-state index contributed by atoms with van der Waals surface area (Å²) in [5.41, 5.74) is 0.880. The zero-order valence-electron chi connectivity index (χ0n) is 21.8. The highest BCUT2D eigenvalue weighted by atomic mass is 32.2. The lowest BCUT2D eigenvalue weighted by Crippen LogP contribution is -2.52. The summed E-state index contributed by atoms with van der Waals surface area (Å²) >= 11 is 0. The number of sulfonamides is 1. The Hall–Kier alpha value is -3.92. The molecule has 0 radical (unpaired) electrons. The molecule has 3 rings (SSSR count). The fourth-order valence-electron chi connectivity index (χ4n) is 3.78. The maximum absolute atomic E-state index is 13.8. The smallest absolute Gasteiger partial charge is 0.264 e. The summed E-state index contributed by atoms with van der Waals surface area (Å²) in [6.45, 7) is 4.70. The van der Waals surface area contributed by atoms with Crippen LogP contribution in [0.15, 0.2) is 83.8 Å². The van der Waals surface area contributed by atoms with E-state index >= 15 is 0 Å². The predicted octanol–water partition coefficient (Wildman–Crippen LogP) is 3.97. The number of hydrogen-bond acceptors (Lipinski definition) is 5. The van der Waals surface area contributed by atoms with Crippen LogP contribution in [0.2, 0.25) is 0 Å². The summed E-state index contributed by atoms with van der Waals surface area (Å²) in [5, 5.41) is 2.80. The first-order valence-corrected chi connectivity index (χ1v) is 13.5. The van der Waals surface area contributed by atoms with E-state index in [9.17, 15) is 22.4 Å². The van der Waals surface area contributed by atoms with E-state index in [1.807, 2.05) is 44.2 Å². The number of hydrogen-bond donors (Lipinski definition) is 1. The van der Waals surface area contributed by atoms with Gasteiger partial charge in [-0.15, -0.1) is 0 Å². The van der Waals surface area contributed by atoms with Gasteiger partial charge in [0.1, 0.15) is 24.2 Å². The molecule has 8 nitrogen and oxygen atoms in total. The van der Waals surface area contributed by atoms with Crippen LogP contribution in [-0.2, 0) is 26.2 Å². The van der Waals surface area contributed by atoms with Crippen molar-refractivity contribution in [2.45, 2.75) is 44.3 Å². The van der Waals surface area contributed by atoms with Crippen LogP contribution in [-0.4, -0.2) is 50.9 Å². The Kier molecular flexibility index (Phi) is 9.46. The van der Waals surface area contributed by atoms with Crippen molar-refractivity contribution in [3.63, 3.8) is 0 Å². The number of nitrogens with zero attached hydrogens (tertiary/aromatic N) is 2. The third kappa shape index (κ3) is 7.10. The molecule has 0 aliphatic rings. The zero-order valence-corrected chi connectivity index (χ0v) is 22.6. The molecule has 38 heavy (non-hydrogen) atoms. The second-order valence-electron chi connectivity index (χ2n) is 9.01. The Balaban J connectivity index is 2.01. The number of halogens is 1. The quantitative estimate of drug-likeness (QED) is 0.396. The van der Waals surface area contributed by atoms with Crippen LogP contribution in [0.25, 0.3) is 0 Å². The number of anilines is 1. The van der Waals surface area contributed by atoms with Gasteiger partial charge in [-0.3, -0.25) is 13.9 Å². The summed E-state index contributed by atoms with van der Waals surface area (Å²) in [6, 6.07) is 18.6. The number of nitrogens with one attached hydrogen (secondary N) is 1. The second-order valence-corrected chi connectivity index (χ2v) is 10.9. The Morgan fingerprint density at radius 1 is 0.921 bits per heavy atom. The summed E-state index contributed by atoms with van der Waals surface area (Å²) in [6.07, 6.45) is 0. The maximum atomic E-state index is 13.8. The van der Waals surface area contributed by atoms with E-state index in [1.54, 1.807) is 6.92 Å². The fraction of sp³-hybridized carbons (Fsp3) is 0.286. The summed E-state index contributed by atoms with van der Waals surface area (Å²) in [4.78, 5) is 27.9. The summed E-state index contributed by atoms with van der Waals surface area (Å²) in [7, 11) is -2.79. The van der Waals surface area contributed by atoms with Gasteiger partial charge in [0, 0.05) is 12.6 Å². The van der Waals surface area contributed by atoms with Crippen molar-refractivity contribution in [3.05, 3.63) is 90.2 Å². The van der Waals surface area contributed by atoms with Crippen LogP contribution in [0.5, 0.6) is 5.75 Å². The minimum absolute atomic E-state index is 0.0735. The van der Waals surface area contributed by atoms with Gasteiger partial charge in [-0.05, 0) is 74.9 Å². The lowest BCUT2D eigenvalue weighted by molar-refractivity contribution is -0.139. The first-order chi connectivity index (χ1) is 18.0. The van der Waals surface area contributed by atoms with Crippen molar-refractivity contribution in [2.24, 2.45) is 0 Å². The average Bonchev–Trinajstić information content (AvgIpc) is 2.90. The molecule has 1 atom stereocenters. The highest BCUT2D eigenvalue weighted by Crippen LogP contribution is 2.26. The van der Waals surface area contributed by atoms with Crippen LogP contribution in [0.4, 0.5) is 10.1 Å². The van der Waals surface area contributed by atoms with E-state index in [4.69, 9.17) is 4.74 Å². The molecule has 0 fully saturated rings. The van der Waals surface area contributed by atoms with E-state index in [0.29, 0.717) is 5.75 Å².